The smallest absolute Gasteiger partial charge is 0.230 e. The summed E-state index contributed by atoms with van der Waals surface area (Å²) in [5, 5.41) is 14.9. The number of rotatable bonds is 6. The molecule has 1 aliphatic rings. The molecule has 3 aromatic rings. The Labute approximate surface area is 170 Å². The molecule has 2 N–H and O–H groups in total. The van der Waals surface area contributed by atoms with E-state index in [9.17, 15) is 9.18 Å². The SMILES string of the molecule is O=C(CSc1nnc(Nc2cccc(F)c2)s1)NC1CCCc2ccccc21. The molecule has 0 spiro atoms. The van der Waals surface area contributed by atoms with Crippen LogP contribution in [0, 0.1) is 5.82 Å². The van der Waals surface area contributed by atoms with Gasteiger partial charge in [-0.2, -0.15) is 0 Å². The van der Waals surface area contributed by atoms with E-state index in [1.54, 1.807) is 12.1 Å². The van der Waals surface area contributed by atoms with Crippen LogP contribution in [-0.2, 0) is 11.2 Å². The number of halogens is 1. The minimum atomic E-state index is -0.315. The summed E-state index contributed by atoms with van der Waals surface area (Å²) in [7, 11) is 0. The zero-order valence-electron chi connectivity index (χ0n) is 15.0. The number of hydrogen-bond acceptors (Lipinski definition) is 6. The summed E-state index contributed by atoms with van der Waals surface area (Å²) in [6, 6.07) is 14.5. The number of amides is 1. The Kier molecular flexibility index (Phi) is 5.87. The number of fused-ring (bicyclic) bond motifs is 1. The van der Waals surface area contributed by atoms with Crippen molar-refractivity contribution in [1.29, 1.82) is 0 Å². The number of hydrogen-bond donors (Lipinski definition) is 2. The highest BCUT2D eigenvalue weighted by Gasteiger charge is 2.21. The van der Waals surface area contributed by atoms with Gasteiger partial charge in [0.2, 0.25) is 11.0 Å². The number of anilines is 2. The Hall–Kier alpha value is -2.45. The Bertz CT molecular complexity index is 978. The molecule has 1 aromatic heterocycles. The fourth-order valence-corrected chi connectivity index (χ4v) is 4.86. The number of nitrogens with one attached hydrogen (secondary N) is 2. The molecule has 0 saturated carbocycles. The van der Waals surface area contributed by atoms with E-state index in [1.165, 1.54) is 46.4 Å². The second kappa shape index (κ2) is 8.70. The quantitative estimate of drug-likeness (QED) is 0.572. The zero-order chi connectivity index (χ0) is 19.3. The molecule has 28 heavy (non-hydrogen) atoms. The van der Waals surface area contributed by atoms with Crippen molar-refractivity contribution in [3.63, 3.8) is 0 Å². The molecule has 4 rings (SSSR count). The number of aromatic nitrogens is 2. The third kappa shape index (κ3) is 4.69. The molecule has 0 bridgehead atoms. The van der Waals surface area contributed by atoms with Crippen molar-refractivity contribution in [3.05, 3.63) is 65.5 Å². The summed E-state index contributed by atoms with van der Waals surface area (Å²) < 4.78 is 13.9. The van der Waals surface area contributed by atoms with Crippen LogP contribution >= 0.6 is 23.1 Å². The van der Waals surface area contributed by atoms with Gasteiger partial charge in [0, 0.05) is 5.69 Å². The van der Waals surface area contributed by atoms with Crippen molar-refractivity contribution < 1.29 is 9.18 Å². The first kappa shape index (κ1) is 18.9. The van der Waals surface area contributed by atoms with E-state index in [1.807, 2.05) is 12.1 Å². The number of carbonyl (C=O) groups excluding carboxylic acids is 1. The van der Waals surface area contributed by atoms with E-state index in [4.69, 9.17) is 0 Å². The van der Waals surface area contributed by atoms with Crippen LogP contribution in [0.1, 0.15) is 30.0 Å². The van der Waals surface area contributed by atoms with Gasteiger partial charge in [-0.05, 0) is 48.6 Å². The molecule has 1 heterocycles. The van der Waals surface area contributed by atoms with Gasteiger partial charge in [0.25, 0.3) is 0 Å². The van der Waals surface area contributed by atoms with Gasteiger partial charge in [0.1, 0.15) is 5.82 Å². The number of carbonyl (C=O) groups is 1. The molecular formula is C20H19FN4OS2. The van der Waals surface area contributed by atoms with E-state index in [0.29, 0.717) is 15.2 Å². The summed E-state index contributed by atoms with van der Waals surface area (Å²) >= 11 is 2.69. The van der Waals surface area contributed by atoms with Crippen LogP contribution in [0.4, 0.5) is 15.2 Å². The predicted molar refractivity (Wildman–Crippen MR) is 111 cm³/mol. The first-order valence-corrected chi connectivity index (χ1v) is 10.8. The standard InChI is InChI=1S/C20H19FN4OS2/c21-14-7-4-8-15(11-14)22-19-24-25-20(28-19)27-12-18(26)23-17-10-3-6-13-5-1-2-9-16(13)17/h1-2,4-5,7-9,11,17H,3,6,10,12H2,(H,22,24)(H,23,26). The Morgan fingerprint density at radius 2 is 2.11 bits per heavy atom. The molecule has 0 aliphatic heterocycles. The molecule has 1 aliphatic carbocycles. The largest absolute Gasteiger partial charge is 0.349 e. The molecule has 144 valence electrons. The van der Waals surface area contributed by atoms with Crippen LogP contribution in [0.25, 0.3) is 0 Å². The minimum Gasteiger partial charge on any atom is -0.349 e. The number of thioether (sulfide) groups is 1. The van der Waals surface area contributed by atoms with Crippen molar-refractivity contribution in [2.75, 3.05) is 11.1 Å². The average molecular weight is 415 g/mol. The lowest BCUT2D eigenvalue weighted by Crippen LogP contribution is -2.32. The second-order valence-electron chi connectivity index (χ2n) is 6.51. The number of aryl methyl sites for hydroxylation is 1. The van der Waals surface area contributed by atoms with Gasteiger partial charge < -0.3 is 10.6 Å². The Morgan fingerprint density at radius 1 is 1.21 bits per heavy atom. The third-order valence-electron chi connectivity index (χ3n) is 4.51. The van der Waals surface area contributed by atoms with Crippen molar-refractivity contribution in [3.8, 4) is 0 Å². The van der Waals surface area contributed by atoms with Crippen LogP contribution in [0.15, 0.2) is 52.9 Å². The van der Waals surface area contributed by atoms with Gasteiger partial charge in [-0.25, -0.2) is 4.39 Å². The van der Waals surface area contributed by atoms with E-state index in [-0.39, 0.29) is 23.5 Å². The third-order valence-corrected chi connectivity index (χ3v) is 6.49. The van der Waals surface area contributed by atoms with E-state index < -0.39 is 0 Å². The summed E-state index contributed by atoms with van der Waals surface area (Å²) in [6.45, 7) is 0. The van der Waals surface area contributed by atoms with Crippen LogP contribution in [0.3, 0.4) is 0 Å². The van der Waals surface area contributed by atoms with Crippen LogP contribution in [0.2, 0.25) is 0 Å². The Morgan fingerprint density at radius 3 is 3.00 bits per heavy atom. The topological polar surface area (TPSA) is 66.9 Å². The van der Waals surface area contributed by atoms with E-state index in [2.05, 4.69) is 33.0 Å². The lowest BCUT2D eigenvalue weighted by atomic mass is 9.88. The van der Waals surface area contributed by atoms with Gasteiger partial charge in [-0.3, -0.25) is 4.79 Å². The van der Waals surface area contributed by atoms with Crippen molar-refractivity contribution in [1.82, 2.24) is 15.5 Å². The van der Waals surface area contributed by atoms with Crippen molar-refractivity contribution in [2.45, 2.75) is 29.6 Å². The molecule has 0 fully saturated rings. The fraction of sp³-hybridized carbons (Fsp3) is 0.250. The highest BCUT2D eigenvalue weighted by atomic mass is 32.2. The molecule has 2 aromatic carbocycles. The molecule has 8 heteroatoms. The molecule has 1 atom stereocenters. The summed E-state index contributed by atoms with van der Waals surface area (Å²) in [5.41, 5.74) is 3.16. The van der Waals surface area contributed by atoms with Gasteiger partial charge in [0.15, 0.2) is 4.34 Å². The summed E-state index contributed by atoms with van der Waals surface area (Å²) in [5.74, 6) is -0.0422. The van der Waals surface area contributed by atoms with Gasteiger partial charge in [-0.1, -0.05) is 53.4 Å². The number of benzene rings is 2. The van der Waals surface area contributed by atoms with Crippen LogP contribution in [0.5, 0.6) is 0 Å². The lowest BCUT2D eigenvalue weighted by Gasteiger charge is -2.26. The van der Waals surface area contributed by atoms with Gasteiger partial charge in [0.05, 0.1) is 11.8 Å². The second-order valence-corrected chi connectivity index (χ2v) is 8.71. The molecule has 0 radical (unpaired) electrons. The molecule has 1 amide bonds. The Balaban J connectivity index is 1.30. The maximum atomic E-state index is 13.2. The lowest BCUT2D eigenvalue weighted by molar-refractivity contribution is -0.119. The monoisotopic (exact) mass is 414 g/mol. The first-order valence-electron chi connectivity index (χ1n) is 9.03. The minimum absolute atomic E-state index is 0.0125. The predicted octanol–water partition coefficient (Wildman–Crippen LogP) is 4.71. The normalized spacial score (nSPS) is 15.7. The van der Waals surface area contributed by atoms with Crippen molar-refractivity contribution in [2.24, 2.45) is 0 Å². The van der Waals surface area contributed by atoms with Crippen molar-refractivity contribution >= 4 is 39.8 Å². The first-order chi connectivity index (χ1) is 13.7. The number of nitrogens with zero attached hydrogens (tertiary/aromatic N) is 2. The fourth-order valence-electron chi connectivity index (χ4n) is 3.28. The molecular weight excluding hydrogens is 395 g/mol. The molecule has 5 nitrogen and oxygen atoms in total. The highest BCUT2D eigenvalue weighted by Crippen LogP contribution is 2.30. The van der Waals surface area contributed by atoms with Gasteiger partial charge in [-0.15, -0.1) is 10.2 Å². The molecule has 0 saturated heterocycles. The highest BCUT2D eigenvalue weighted by molar-refractivity contribution is 8.01. The van der Waals surface area contributed by atoms with Crippen LogP contribution < -0.4 is 10.6 Å². The maximum Gasteiger partial charge on any atom is 0.230 e. The van der Waals surface area contributed by atoms with Gasteiger partial charge >= 0.3 is 0 Å². The molecule has 1 unspecified atom stereocenters. The van der Waals surface area contributed by atoms with E-state index in [0.717, 1.165) is 19.3 Å². The maximum absolute atomic E-state index is 13.2. The summed E-state index contributed by atoms with van der Waals surface area (Å²) in [4.78, 5) is 12.4. The average Bonchev–Trinajstić information content (AvgIpc) is 3.14. The van der Waals surface area contributed by atoms with E-state index >= 15 is 0 Å². The zero-order valence-corrected chi connectivity index (χ0v) is 16.7. The van der Waals surface area contributed by atoms with Crippen LogP contribution in [-0.4, -0.2) is 21.9 Å². The summed E-state index contributed by atoms with van der Waals surface area (Å²) in [6.07, 6.45) is 3.12.